The van der Waals surface area contributed by atoms with E-state index in [4.69, 9.17) is 0 Å². The summed E-state index contributed by atoms with van der Waals surface area (Å²) < 4.78 is 26.4. The predicted octanol–water partition coefficient (Wildman–Crippen LogP) is 0.236. The van der Waals surface area contributed by atoms with Gasteiger partial charge in [-0.05, 0) is 19.8 Å². The van der Waals surface area contributed by atoms with Crippen LogP contribution < -0.4 is 0 Å². The summed E-state index contributed by atoms with van der Waals surface area (Å²) in [5.41, 5.74) is 0. The lowest BCUT2D eigenvalue weighted by Crippen LogP contribution is -2.43. The minimum atomic E-state index is -3.36. The molecule has 1 aliphatic rings. The zero-order valence-corrected chi connectivity index (χ0v) is 10.2. The van der Waals surface area contributed by atoms with E-state index in [1.165, 1.54) is 29.6 Å². The molecule has 0 saturated carbocycles. The van der Waals surface area contributed by atoms with Crippen LogP contribution in [0.1, 0.15) is 26.2 Å². The Morgan fingerprint density at radius 1 is 1.47 bits per heavy atom. The fraction of sp³-hybridized carbons (Fsp3) is 0.889. The number of ketones is 1. The Morgan fingerprint density at radius 2 is 2.07 bits per heavy atom. The quantitative estimate of drug-likeness (QED) is 0.700. The molecule has 1 unspecified atom stereocenters. The lowest BCUT2D eigenvalue weighted by Gasteiger charge is -2.26. The molecule has 0 N–H and O–H groups in total. The number of carbonyl (C=O) groups is 1. The summed E-state index contributed by atoms with van der Waals surface area (Å²) in [6.07, 6.45) is 1.95. The van der Waals surface area contributed by atoms with Crippen LogP contribution in [-0.2, 0) is 15.0 Å². The maximum atomic E-state index is 11.9. The van der Waals surface area contributed by atoms with Crippen molar-refractivity contribution in [2.75, 3.05) is 20.6 Å². The number of carbonyl (C=O) groups excluding carboxylic acids is 1. The monoisotopic (exact) mass is 234 g/mol. The Morgan fingerprint density at radius 3 is 2.53 bits per heavy atom. The minimum Gasteiger partial charge on any atom is -0.300 e. The van der Waals surface area contributed by atoms with E-state index in [2.05, 4.69) is 0 Å². The van der Waals surface area contributed by atoms with E-state index in [-0.39, 0.29) is 11.8 Å². The van der Waals surface area contributed by atoms with E-state index in [0.717, 1.165) is 12.8 Å². The third-order valence-electron chi connectivity index (χ3n) is 2.60. The van der Waals surface area contributed by atoms with Crippen molar-refractivity contribution in [3.8, 4) is 0 Å². The molecule has 6 heteroatoms. The fourth-order valence-corrected chi connectivity index (χ4v) is 3.19. The van der Waals surface area contributed by atoms with Crippen LogP contribution in [0.3, 0.4) is 0 Å². The normalized spacial score (nSPS) is 23.6. The predicted molar refractivity (Wildman–Crippen MR) is 57.6 cm³/mol. The van der Waals surface area contributed by atoms with Crippen LogP contribution in [0.2, 0.25) is 0 Å². The van der Waals surface area contributed by atoms with Gasteiger partial charge in [0.1, 0.15) is 5.78 Å². The first-order valence-corrected chi connectivity index (χ1v) is 6.44. The first kappa shape index (κ1) is 12.6. The zero-order valence-electron chi connectivity index (χ0n) is 9.43. The summed E-state index contributed by atoms with van der Waals surface area (Å²) in [5, 5.41) is 0. The second kappa shape index (κ2) is 4.59. The van der Waals surface area contributed by atoms with Crippen molar-refractivity contribution in [1.29, 1.82) is 0 Å². The van der Waals surface area contributed by atoms with Crippen LogP contribution in [0.4, 0.5) is 0 Å². The lowest BCUT2D eigenvalue weighted by atomic mass is 10.1. The molecule has 0 spiro atoms. The van der Waals surface area contributed by atoms with Crippen molar-refractivity contribution < 1.29 is 13.2 Å². The Kier molecular flexibility index (Phi) is 3.86. The highest BCUT2D eigenvalue weighted by Crippen LogP contribution is 2.24. The number of nitrogens with zero attached hydrogens (tertiary/aromatic N) is 2. The van der Waals surface area contributed by atoms with Crippen LogP contribution in [0, 0.1) is 0 Å². The average Bonchev–Trinajstić information content (AvgIpc) is 2.51. The van der Waals surface area contributed by atoms with Crippen LogP contribution in [0.5, 0.6) is 0 Å². The summed E-state index contributed by atoms with van der Waals surface area (Å²) in [6.45, 7) is 2.03. The molecule has 1 heterocycles. The Labute approximate surface area is 91.2 Å². The molecule has 0 radical (unpaired) electrons. The molecule has 0 aliphatic carbocycles. The number of hydrogen-bond acceptors (Lipinski definition) is 3. The molecule has 0 amide bonds. The van der Waals surface area contributed by atoms with E-state index >= 15 is 0 Å². The van der Waals surface area contributed by atoms with E-state index < -0.39 is 10.2 Å². The van der Waals surface area contributed by atoms with Crippen molar-refractivity contribution >= 4 is 16.0 Å². The fourth-order valence-electron chi connectivity index (χ4n) is 1.86. The summed E-state index contributed by atoms with van der Waals surface area (Å²) in [6, 6.07) is -0.144. The molecule has 15 heavy (non-hydrogen) atoms. The Hall–Kier alpha value is -0.460. The zero-order chi connectivity index (χ0) is 11.6. The summed E-state index contributed by atoms with van der Waals surface area (Å²) in [5.74, 6) is 0.0425. The van der Waals surface area contributed by atoms with Crippen LogP contribution in [0.15, 0.2) is 0 Å². The SMILES string of the molecule is CC(=O)CC1CCCN1S(=O)(=O)N(C)C. The molecule has 1 atom stereocenters. The molecule has 1 saturated heterocycles. The number of rotatable bonds is 4. The van der Waals surface area contributed by atoms with Gasteiger partial charge in [-0.25, -0.2) is 0 Å². The highest BCUT2D eigenvalue weighted by atomic mass is 32.2. The maximum absolute atomic E-state index is 11.9. The topological polar surface area (TPSA) is 57.7 Å². The summed E-state index contributed by atoms with van der Waals surface area (Å²) in [7, 11) is -0.332. The van der Waals surface area contributed by atoms with Crippen molar-refractivity contribution in [2.24, 2.45) is 0 Å². The first-order valence-electron chi connectivity index (χ1n) is 5.04. The molecule has 0 aromatic carbocycles. The summed E-state index contributed by atoms with van der Waals surface area (Å²) >= 11 is 0. The standard InChI is InChI=1S/C9H18N2O3S/c1-8(12)7-9-5-4-6-11(9)15(13,14)10(2)3/h9H,4-7H2,1-3H3. The molecular weight excluding hydrogens is 216 g/mol. The molecule has 0 bridgehead atoms. The smallest absolute Gasteiger partial charge is 0.281 e. The number of hydrogen-bond donors (Lipinski definition) is 0. The van der Waals surface area contributed by atoms with Gasteiger partial charge in [0.2, 0.25) is 0 Å². The number of Topliss-reactive ketones (excluding diaryl/α,β-unsaturated/α-hetero) is 1. The molecule has 0 aromatic rings. The van der Waals surface area contributed by atoms with E-state index in [1.54, 1.807) is 0 Å². The van der Waals surface area contributed by atoms with Gasteiger partial charge in [-0.3, -0.25) is 4.79 Å². The maximum Gasteiger partial charge on any atom is 0.281 e. The van der Waals surface area contributed by atoms with E-state index in [1.807, 2.05) is 0 Å². The van der Waals surface area contributed by atoms with Crippen LogP contribution in [-0.4, -0.2) is 49.5 Å². The third-order valence-corrected chi connectivity index (χ3v) is 4.60. The van der Waals surface area contributed by atoms with Gasteiger partial charge in [0.15, 0.2) is 0 Å². The van der Waals surface area contributed by atoms with Gasteiger partial charge >= 0.3 is 0 Å². The molecule has 88 valence electrons. The average molecular weight is 234 g/mol. The van der Waals surface area contributed by atoms with Gasteiger partial charge in [0, 0.05) is 33.1 Å². The van der Waals surface area contributed by atoms with Crippen LogP contribution in [0.25, 0.3) is 0 Å². The molecule has 1 fully saturated rings. The minimum absolute atomic E-state index is 0.0425. The Bertz CT molecular complexity index is 337. The van der Waals surface area contributed by atoms with E-state index in [9.17, 15) is 13.2 Å². The molecule has 1 rings (SSSR count). The van der Waals surface area contributed by atoms with Crippen molar-refractivity contribution in [3.05, 3.63) is 0 Å². The second-order valence-electron chi connectivity index (χ2n) is 4.10. The van der Waals surface area contributed by atoms with Crippen molar-refractivity contribution in [2.45, 2.75) is 32.2 Å². The van der Waals surface area contributed by atoms with Gasteiger partial charge in [-0.1, -0.05) is 0 Å². The largest absolute Gasteiger partial charge is 0.300 e. The van der Waals surface area contributed by atoms with Gasteiger partial charge in [-0.15, -0.1) is 0 Å². The van der Waals surface area contributed by atoms with Crippen molar-refractivity contribution in [1.82, 2.24) is 8.61 Å². The highest BCUT2D eigenvalue weighted by Gasteiger charge is 2.35. The van der Waals surface area contributed by atoms with Crippen molar-refractivity contribution in [3.63, 3.8) is 0 Å². The third kappa shape index (κ3) is 2.76. The lowest BCUT2D eigenvalue weighted by molar-refractivity contribution is -0.117. The molecular formula is C9H18N2O3S. The summed E-state index contributed by atoms with van der Waals surface area (Å²) in [4.78, 5) is 11.0. The highest BCUT2D eigenvalue weighted by molar-refractivity contribution is 7.86. The Balaban J connectivity index is 2.81. The van der Waals surface area contributed by atoms with Crippen LogP contribution >= 0.6 is 0 Å². The second-order valence-corrected chi connectivity index (χ2v) is 6.20. The molecule has 1 aliphatic heterocycles. The molecule has 5 nitrogen and oxygen atoms in total. The van der Waals surface area contributed by atoms with Gasteiger partial charge in [-0.2, -0.15) is 17.0 Å². The molecule has 0 aromatic heterocycles. The van der Waals surface area contributed by atoms with E-state index in [0.29, 0.717) is 13.0 Å². The first-order chi connectivity index (χ1) is 6.85. The van der Waals surface area contributed by atoms with Gasteiger partial charge < -0.3 is 0 Å². The van der Waals surface area contributed by atoms with Gasteiger partial charge in [0.25, 0.3) is 10.2 Å². The van der Waals surface area contributed by atoms with Gasteiger partial charge in [0.05, 0.1) is 0 Å².